The number of ether oxygens (including phenoxy) is 1. The van der Waals surface area contributed by atoms with Crippen LogP contribution in [0.25, 0.3) is 21.9 Å². The molecule has 0 amide bonds. The van der Waals surface area contributed by atoms with Crippen LogP contribution >= 0.6 is 0 Å². The van der Waals surface area contributed by atoms with Crippen LogP contribution in [0.5, 0.6) is 5.75 Å². The number of aromatic nitrogens is 5. The molecule has 1 aromatic carbocycles. The summed E-state index contributed by atoms with van der Waals surface area (Å²) in [6.07, 6.45) is 5.62. The van der Waals surface area contributed by atoms with Crippen molar-refractivity contribution in [1.82, 2.24) is 29.8 Å². The fraction of sp³-hybridized carbons (Fsp3) is 0.417. The second-order valence-electron chi connectivity index (χ2n) is 8.60. The predicted octanol–water partition coefficient (Wildman–Crippen LogP) is 3.82. The number of nitrogens with one attached hydrogen (secondary N) is 2. The monoisotopic (exact) mass is 446 g/mol. The summed E-state index contributed by atoms with van der Waals surface area (Å²) in [4.78, 5) is 21.0. The molecule has 0 bridgehead atoms. The van der Waals surface area contributed by atoms with Crippen LogP contribution < -0.4 is 20.3 Å². The SMILES string of the molecule is CCOc1cc(Nc2ncc3c(C)cc4ncn(C(C)C)c4c3n2)ncc1N1CCNCC1. The van der Waals surface area contributed by atoms with E-state index in [0.717, 1.165) is 65.1 Å². The van der Waals surface area contributed by atoms with Gasteiger partial charge in [-0.25, -0.2) is 19.9 Å². The molecule has 0 unspecified atom stereocenters. The van der Waals surface area contributed by atoms with Gasteiger partial charge in [-0.1, -0.05) is 0 Å². The summed E-state index contributed by atoms with van der Waals surface area (Å²) < 4.78 is 8.10. The number of piperazine rings is 1. The molecule has 0 saturated carbocycles. The zero-order valence-electron chi connectivity index (χ0n) is 19.6. The summed E-state index contributed by atoms with van der Waals surface area (Å²) in [7, 11) is 0. The third-order valence-corrected chi connectivity index (χ3v) is 6.01. The van der Waals surface area contributed by atoms with E-state index in [9.17, 15) is 0 Å². The number of pyridine rings is 1. The van der Waals surface area contributed by atoms with Gasteiger partial charge in [-0.05, 0) is 39.3 Å². The van der Waals surface area contributed by atoms with Crippen molar-refractivity contribution < 1.29 is 4.74 Å². The molecule has 4 heterocycles. The molecular weight excluding hydrogens is 416 g/mol. The molecular formula is C24H30N8O. The van der Waals surface area contributed by atoms with Crippen LogP contribution in [-0.2, 0) is 0 Å². The maximum Gasteiger partial charge on any atom is 0.228 e. The lowest BCUT2D eigenvalue weighted by atomic mass is 10.1. The first-order valence-corrected chi connectivity index (χ1v) is 11.5. The van der Waals surface area contributed by atoms with E-state index in [0.29, 0.717) is 18.4 Å². The summed E-state index contributed by atoms with van der Waals surface area (Å²) in [5, 5.41) is 7.68. The third kappa shape index (κ3) is 4.04. The van der Waals surface area contributed by atoms with Crippen LogP contribution in [-0.4, -0.2) is 57.3 Å². The standard InChI is InChI=1S/C24H30N8O/c1-5-33-20-11-21(26-13-19(20)31-8-6-25-7-9-31)29-24-27-12-17-16(4)10-18-23(22(17)30-24)32(14-28-18)15(2)3/h10-15,25H,5-9H2,1-4H3,(H,26,27,29,30). The fourth-order valence-corrected chi connectivity index (χ4v) is 4.34. The molecule has 9 nitrogen and oxygen atoms in total. The summed E-state index contributed by atoms with van der Waals surface area (Å²) in [6, 6.07) is 4.30. The first-order chi connectivity index (χ1) is 16.0. The molecule has 3 aromatic heterocycles. The van der Waals surface area contributed by atoms with Gasteiger partial charge >= 0.3 is 0 Å². The molecule has 5 rings (SSSR count). The second-order valence-corrected chi connectivity index (χ2v) is 8.60. The van der Waals surface area contributed by atoms with Crippen molar-refractivity contribution in [3.63, 3.8) is 0 Å². The number of benzene rings is 1. The Balaban J connectivity index is 1.53. The minimum Gasteiger partial charge on any atom is -0.492 e. The average Bonchev–Trinajstić information content (AvgIpc) is 3.24. The number of imidazole rings is 1. The molecule has 1 aliphatic heterocycles. The zero-order valence-corrected chi connectivity index (χ0v) is 19.6. The molecule has 0 atom stereocenters. The Morgan fingerprint density at radius 1 is 1.12 bits per heavy atom. The van der Waals surface area contributed by atoms with E-state index < -0.39 is 0 Å². The first-order valence-electron chi connectivity index (χ1n) is 11.5. The van der Waals surface area contributed by atoms with Crippen LogP contribution in [0.2, 0.25) is 0 Å². The average molecular weight is 447 g/mol. The third-order valence-electron chi connectivity index (χ3n) is 6.01. The molecule has 33 heavy (non-hydrogen) atoms. The number of aryl methyl sites for hydroxylation is 1. The number of fused-ring (bicyclic) bond motifs is 3. The van der Waals surface area contributed by atoms with Crippen LogP contribution in [0.15, 0.2) is 30.9 Å². The number of nitrogens with zero attached hydrogens (tertiary/aromatic N) is 6. The Hall–Kier alpha value is -3.46. The van der Waals surface area contributed by atoms with Gasteiger partial charge in [-0.15, -0.1) is 0 Å². The van der Waals surface area contributed by atoms with Crippen molar-refractivity contribution in [2.45, 2.75) is 33.7 Å². The van der Waals surface area contributed by atoms with Crippen molar-refractivity contribution in [2.24, 2.45) is 0 Å². The van der Waals surface area contributed by atoms with Gasteiger partial charge < -0.3 is 24.8 Å². The lowest BCUT2D eigenvalue weighted by Gasteiger charge is -2.30. The highest BCUT2D eigenvalue weighted by atomic mass is 16.5. The fourth-order valence-electron chi connectivity index (χ4n) is 4.34. The Bertz CT molecular complexity index is 1290. The Morgan fingerprint density at radius 3 is 2.70 bits per heavy atom. The zero-order chi connectivity index (χ0) is 22.9. The van der Waals surface area contributed by atoms with E-state index in [1.165, 1.54) is 0 Å². The lowest BCUT2D eigenvalue weighted by molar-refractivity contribution is 0.339. The van der Waals surface area contributed by atoms with Crippen molar-refractivity contribution in [3.8, 4) is 5.75 Å². The minimum absolute atomic E-state index is 0.278. The van der Waals surface area contributed by atoms with Gasteiger partial charge in [0.05, 0.1) is 35.9 Å². The topological polar surface area (TPSA) is 93.0 Å². The van der Waals surface area contributed by atoms with Gasteiger partial charge in [-0.3, -0.25) is 0 Å². The highest BCUT2D eigenvalue weighted by molar-refractivity contribution is 6.03. The largest absolute Gasteiger partial charge is 0.492 e. The first kappa shape index (κ1) is 21.4. The number of hydrogen-bond acceptors (Lipinski definition) is 8. The lowest BCUT2D eigenvalue weighted by Crippen LogP contribution is -2.43. The van der Waals surface area contributed by atoms with Crippen LogP contribution in [0.1, 0.15) is 32.4 Å². The van der Waals surface area contributed by atoms with Gasteiger partial charge in [0, 0.05) is 49.9 Å². The van der Waals surface area contributed by atoms with Gasteiger partial charge in [0.25, 0.3) is 0 Å². The Kier molecular flexibility index (Phi) is 5.72. The number of anilines is 3. The normalized spacial score (nSPS) is 14.4. The van der Waals surface area contributed by atoms with Crippen molar-refractivity contribution in [3.05, 3.63) is 36.4 Å². The smallest absolute Gasteiger partial charge is 0.228 e. The van der Waals surface area contributed by atoms with Crippen LogP contribution in [0.3, 0.4) is 0 Å². The summed E-state index contributed by atoms with van der Waals surface area (Å²) >= 11 is 0. The molecule has 9 heteroatoms. The van der Waals surface area contributed by atoms with Crippen molar-refractivity contribution in [2.75, 3.05) is 43.0 Å². The second kappa shape index (κ2) is 8.82. The molecule has 0 spiro atoms. The van der Waals surface area contributed by atoms with E-state index in [-0.39, 0.29) is 6.04 Å². The predicted molar refractivity (Wildman–Crippen MR) is 132 cm³/mol. The maximum absolute atomic E-state index is 5.95. The molecule has 1 saturated heterocycles. The number of hydrogen-bond donors (Lipinski definition) is 2. The minimum atomic E-state index is 0.278. The van der Waals surface area contributed by atoms with Gasteiger partial charge in [-0.2, -0.15) is 0 Å². The van der Waals surface area contributed by atoms with Crippen molar-refractivity contribution in [1.29, 1.82) is 0 Å². The van der Waals surface area contributed by atoms with Crippen LogP contribution in [0.4, 0.5) is 17.5 Å². The van der Waals surface area contributed by atoms with Crippen LogP contribution in [0, 0.1) is 6.92 Å². The van der Waals surface area contributed by atoms with Gasteiger partial charge in [0.2, 0.25) is 5.95 Å². The number of rotatable bonds is 6. The molecule has 0 radical (unpaired) electrons. The van der Waals surface area contributed by atoms with Crippen molar-refractivity contribution >= 4 is 39.4 Å². The van der Waals surface area contributed by atoms with E-state index in [1.807, 2.05) is 31.7 Å². The summed E-state index contributed by atoms with van der Waals surface area (Å²) in [6.45, 7) is 12.7. The highest BCUT2D eigenvalue weighted by Gasteiger charge is 2.18. The van der Waals surface area contributed by atoms with Gasteiger partial charge in [0.1, 0.15) is 17.1 Å². The molecule has 4 aromatic rings. The summed E-state index contributed by atoms with van der Waals surface area (Å²) in [5.41, 5.74) is 4.97. The quantitative estimate of drug-likeness (QED) is 0.462. The molecule has 0 aliphatic carbocycles. The molecule has 172 valence electrons. The molecule has 1 fully saturated rings. The summed E-state index contributed by atoms with van der Waals surface area (Å²) in [5.74, 6) is 1.96. The van der Waals surface area contributed by atoms with E-state index >= 15 is 0 Å². The van der Waals surface area contributed by atoms with E-state index in [4.69, 9.17) is 9.72 Å². The Labute approximate surface area is 193 Å². The maximum atomic E-state index is 5.95. The molecule has 1 aliphatic rings. The molecule has 2 N–H and O–H groups in total. The highest BCUT2D eigenvalue weighted by Crippen LogP contribution is 2.32. The van der Waals surface area contributed by atoms with E-state index in [2.05, 4.69) is 61.9 Å². The van der Waals surface area contributed by atoms with Gasteiger partial charge in [0.15, 0.2) is 0 Å². The Morgan fingerprint density at radius 2 is 1.94 bits per heavy atom. The van der Waals surface area contributed by atoms with E-state index in [1.54, 1.807) is 0 Å².